The van der Waals surface area contributed by atoms with Gasteiger partial charge in [0.05, 0.1) is 0 Å². The van der Waals surface area contributed by atoms with Crippen molar-refractivity contribution in [1.29, 1.82) is 0 Å². The molecule has 0 spiro atoms. The molecule has 1 heterocycles. The SMILES string of the molecule is Cc1cccc(C)c1N1CC[C@@H](C(=O)NCC(C)C)C1=O. The summed E-state index contributed by atoms with van der Waals surface area (Å²) in [6, 6.07) is 5.99. The van der Waals surface area contributed by atoms with Gasteiger partial charge in [0.1, 0.15) is 5.92 Å². The fourth-order valence-corrected chi connectivity index (χ4v) is 2.80. The molecule has 1 N–H and O–H groups in total. The Kier molecular flexibility index (Phi) is 4.66. The third kappa shape index (κ3) is 3.26. The van der Waals surface area contributed by atoms with Gasteiger partial charge in [-0.2, -0.15) is 0 Å². The van der Waals surface area contributed by atoms with Gasteiger partial charge >= 0.3 is 0 Å². The zero-order chi connectivity index (χ0) is 15.6. The van der Waals surface area contributed by atoms with Gasteiger partial charge in [-0.15, -0.1) is 0 Å². The van der Waals surface area contributed by atoms with Gasteiger partial charge in [0.15, 0.2) is 0 Å². The van der Waals surface area contributed by atoms with Gasteiger partial charge in [-0.3, -0.25) is 9.59 Å². The van der Waals surface area contributed by atoms with Crippen molar-refractivity contribution in [1.82, 2.24) is 5.32 Å². The van der Waals surface area contributed by atoms with E-state index in [1.165, 1.54) is 0 Å². The summed E-state index contributed by atoms with van der Waals surface area (Å²) in [5.41, 5.74) is 3.11. The maximum atomic E-state index is 12.6. The number of para-hydroxylation sites is 1. The van der Waals surface area contributed by atoms with Crippen LogP contribution in [-0.4, -0.2) is 24.9 Å². The van der Waals surface area contributed by atoms with Crippen molar-refractivity contribution in [2.24, 2.45) is 11.8 Å². The first-order valence-electron chi connectivity index (χ1n) is 7.57. The van der Waals surface area contributed by atoms with Gasteiger partial charge < -0.3 is 10.2 Å². The minimum Gasteiger partial charge on any atom is -0.355 e. The number of nitrogens with one attached hydrogen (secondary N) is 1. The largest absolute Gasteiger partial charge is 0.355 e. The molecule has 1 saturated heterocycles. The van der Waals surface area contributed by atoms with Crippen LogP contribution in [0.5, 0.6) is 0 Å². The van der Waals surface area contributed by atoms with E-state index in [2.05, 4.69) is 5.32 Å². The minimum atomic E-state index is -0.539. The molecule has 0 aromatic heterocycles. The maximum Gasteiger partial charge on any atom is 0.239 e. The topological polar surface area (TPSA) is 49.4 Å². The molecule has 21 heavy (non-hydrogen) atoms. The van der Waals surface area contributed by atoms with E-state index in [9.17, 15) is 9.59 Å². The Balaban J connectivity index is 2.13. The zero-order valence-electron chi connectivity index (χ0n) is 13.3. The minimum absolute atomic E-state index is 0.0753. The number of anilines is 1. The first-order chi connectivity index (χ1) is 9.91. The van der Waals surface area contributed by atoms with Crippen LogP contribution in [0.25, 0.3) is 0 Å². The molecule has 2 amide bonds. The van der Waals surface area contributed by atoms with Crippen molar-refractivity contribution in [3.8, 4) is 0 Å². The third-order valence-corrected chi connectivity index (χ3v) is 3.92. The Hall–Kier alpha value is -1.84. The highest BCUT2D eigenvalue weighted by Gasteiger charge is 2.38. The lowest BCUT2D eigenvalue weighted by atomic mass is 10.1. The summed E-state index contributed by atoms with van der Waals surface area (Å²) in [5, 5.41) is 2.87. The van der Waals surface area contributed by atoms with Crippen LogP contribution in [0.2, 0.25) is 0 Å². The van der Waals surface area contributed by atoms with E-state index in [1.807, 2.05) is 45.9 Å². The molecule has 1 aliphatic rings. The Morgan fingerprint density at radius 2 is 1.95 bits per heavy atom. The summed E-state index contributed by atoms with van der Waals surface area (Å²) >= 11 is 0. The first-order valence-corrected chi connectivity index (χ1v) is 7.57. The Bertz CT molecular complexity index is 531. The summed E-state index contributed by atoms with van der Waals surface area (Å²) in [6.07, 6.45) is 0.594. The van der Waals surface area contributed by atoms with Gasteiger partial charge in [0.25, 0.3) is 0 Å². The molecule has 0 radical (unpaired) electrons. The highest BCUT2D eigenvalue weighted by molar-refractivity contribution is 6.10. The standard InChI is InChI=1S/C17H24N2O2/c1-11(2)10-18-16(20)14-8-9-19(17(14)21)15-12(3)6-5-7-13(15)4/h5-7,11,14H,8-10H2,1-4H3,(H,18,20)/t14-/m0/s1. The molecular formula is C17H24N2O2. The fraction of sp³-hybridized carbons (Fsp3) is 0.529. The summed E-state index contributed by atoms with van der Waals surface area (Å²) in [6.45, 7) is 9.32. The fourth-order valence-electron chi connectivity index (χ4n) is 2.80. The van der Waals surface area contributed by atoms with Crippen molar-refractivity contribution < 1.29 is 9.59 Å². The van der Waals surface area contributed by atoms with E-state index in [0.717, 1.165) is 16.8 Å². The molecule has 0 saturated carbocycles. The van der Waals surface area contributed by atoms with Crippen LogP contribution in [0.1, 0.15) is 31.4 Å². The Morgan fingerprint density at radius 3 is 2.52 bits per heavy atom. The van der Waals surface area contributed by atoms with Crippen molar-refractivity contribution in [2.75, 3.05) is 18.0 Å². The number of amides is 2. The van der Waals surface area contributed by atoms with Crippen LogP contribution in [-0.2, 0) is 9.59 Å². The number of rotatable bonds is 4. The van der Waals surface area contributed by atoms with Crippen molar-refractivity contribution in [3.05, 3.63) is 29.3 Å². The molecule has 0 aliphatic carbocycles. The van der Waals surface area contributed by atoms with Crippen molar-refractivity contribution in [2.45, 2.75) is 34.1 Å². The van der Waals surface area contributed by atoms with E-state index in [-0.39, 0.29) is 11.8 Å². The molecule has 1 aromatic rings. The maximum absolute atomic E-state index is 12.6. The lowest BCUT2D eigenvalue weighted by Gasteiger charge is -2.21. The highest BCUT2D eigenvalue weighted by Crippen LogP contribution is 2.30. The molecule has 1 atom stereocenters. The number of hydrogen-bond donors (Lipinski definition) is 1. The van der Waals surface area contributed by atoms with Crippen LogP contribution < -0.4 is 10.2 Å². The first kappa shape index (κ1) is 15.5. The van der Waals surface area contributed by atoms with E-state index in [4.69, 9.17) is 0 Å². The number of carbonyl (C=O) groups is 2. The molecule has 1 fully saturated rings. The van der Waals surface area contributed by atoms with Crippen LogP contribution >= 0.6 is 0 Å². The second-order valence-corrected chi connectivity index (χ2v) is 6.21. The van der Waals surface area contributed by atoms with Gasteiger partial charge in [-0.05, 0) is 37.3 Å². The Labute approximate surface area is 126 Å². The highest BCUT2D eigenvalue weighted by atomic mass is 16.2. The second-order valence-electron chi connectivity index (χ2n) is 6.21. The monoisotopic (exact) mass is 288 g/mol. The predicted molar refractivity (Wildman–Crippen MR) is 84.2 cm³/mol. The normalized spacial score (nSPS) is 18.4. The van der Waals surface area contributed by atoms with Crippen LogP contribution in [0.15, 0.2) is 18.2 Å². The van der Waals surface area contributed by atoms with E-state index in [0.29, 0.717) is 25.4 Å². The number of benzene rings is 1. The smallest absolute Gasteiger partial charge is 0.239 e. The van der Waals surface area contributed by atoms with Crippen LogP contribution in [0.3, 0.4) is 0 Å². The molecule has 4 heteroatoms. The van der Waals surface area contributed by atoms with E-state index in [1.54, 1.807) is 4.90 Å². The predicted octanol–water partition coefficient (Wildman–Crippen LogP) is 2.43. The van der Waals surface area contributed by atoms with Gasteiger partial charge in [0, 0.05) is 18.8 Å². The zero-order valence-corrected chi connectivity index (χ0v) is 13.3. The second kappa shape index (κ2) is 6.29. The molecule has 4 nitrogen and oxygen atoms in total. The lowest BCUT2D eigenvalue weighted by Crippen LogP contribution is -2.38. The number of aryl methyl sites for hydroxylation is 2. The van der Waals surface area contributed by atoms with Gasteiger partial charge in [-0.1, -0.05) is 32.0 Å². The summed E-state index contributed by atoms with van der Waals surface area (Å²) in [5.74, 6) is -0.362. The molecule has 1 aromatic carbocycles. The average molecular weight is 288 g/mol. The number of nitrogens with zero attached hydrogens (tertiary/aromatic N) is 1. The number of hydrogen-bond acceptors (Lipinski definition) is 2. The summed E-state index contributed by atoms with van der Waals surface area (Å²) in [7, 11) is 0. The number of carbonyl (C=O) groups excluding carboxylic acids is 2. The lowest BCUT2D eigenvalue weighted by molar-refractivity contribution is -0.132. The average Bonchev–Trinajstić information content (AvgIpc) is 2.78. The van der Waals surface area contributed by atoms with Crippen LogP contribution in [0, 0.1) is 25.7 Å². The van der Waals surface area contributed by atoms with Gasteiger partial charge in [0.2, 0.25) is 11.8 Å². The molecule has 114 valence electrons. The molecule has 1 aliphatic heterocycles. The van der Waals surface area contributed by atoms with Crippen molar-refractivity contribution >= 4 is 17.5 Å². The molecular weight excluding hydrogens is 264 g/mol. The molecule has 0 unspecified atom stereocenters. The van der Waals surface area contributed by atoms with E-state index >= 15 is 0 Å². The van der Waals surface area contributed by atoms with Crippen LogP contribution in [0.4, 0.5) is 5.69 Å². The molecule has 0 bridgehead atoms. The third-order valence-electron chi connectivity index (χ3n) is 3.92. The van der Waals surface area contributed by atoms with E-state index < -0.39 is 5.92 Å². The quantitative estimate of drug-likeness (QED) is 0.865. The van der Waals surface area contributed by atoms with Crippen molar-refractivity contribution in [3.63, 3.8) is 0 Å². The van der Waals surface area contributed by atoms with Gasteiger partial charge in [-0.25, -0.2) is 0 Å². The molecule has 2 rings (SSSR count). The summed E-state index contributed by atoms with van der Waals surface area (Å²) in [4.78, 5) is 26.5. The Morgan fingerprint density at radius 1 is 1.33 bits per heavy atom. The summed E-state index contributed by atoms with van der Waals surface area (Å²) < 4.78 is 0.